The van der Waals surface area contributed by atoms with Gasteiger partial charge in [0, 0.05) is 6.42 Å². The van der Waals surface area contributed by atoms with Crippen molar-refractivity contribution in [3.05, 3.63) is 146 Å². The van der Waals surface area contributed by atoms with Gasteiger partial charge in [-0.1, -0.05) is 333 Å². The molecule has 0 saturated carbocycles. The van der Waals surface area contributed by atoms with Crippen LogP contribution in [0.1, 0.15) is 309 Å². The Balaban J connectivity index is 4.12. The van der Waals surface area contributed by atoms with E-state index in [1.165, 1.54) is 186 Å². The molecule has 0 aromatic heterocycles. The van der Waals surface area contributed by atoms with E-state index in [1.54, 1.807) is 6.08 Å². The Labute approximate surface area is 557 Å². The highest BCUT2D eigenvalue weighted by atomic mass is 31.2. The fourth-order valence-corrected chi connectivity index (χ4v) is 11.0. The van der Waals surface area contributed by atoms with Crippen LogP contribution in [0.5, 0.6) is 0 Å². The lowest BCUT2D eigenvalue weighted by molar-refractivity contribution is -0.870. The zero-order valence-corrected chi connectivity index (χ0v) is 60.0. The van der Waals surface area contributed by atoms with Gasteiger partial charge >= 0.3 is 7.82 Å². The van der Waals surface area contributed by atoms with Crippen LogP contribution in [0.25, 0.3) is 0 Å². The third kappa shape index (κ3) is 71.8. The number of rotatable bonds is 67. The Hall–Kier alpha value is -3.62. The van der Waals surface area contributed by atoms with Crippen molar-refractivity contribution in [3.63, 3.8) is 0 Å². The SMILES string of the molecule is CC/C=C\C/C=C\C/C=C\C/C=C\C/C=C\C/C=C\C/C=C\C/C=C\C/C=C\CCCCCCCCCCCCCCCC(=O)NC(COP(=O)(O)OCC[N+](C)(C)C)C(O)/C=C/CC/C=C/CC/C=C/CCCCCCCCCCCCCCCCCCC. The summed E-state index contributed by atoms with van der Waals surface area (Å²) in [5.74, 6) is -0.195. The second kappa shape index (κ2) is 69.7. The molecule has 0 aromatic carbocycles. The number of carbonyl (C=O) groups is 1. The van der Waals surface area contributed by atoms with Gasteiger partial charge in [0.15, 0.2) is 0 Å². The predicted molar refractivity (Wildman–Crippen MR) is 396 cm³/mol. The summed E-state index contributed by atoms with van der Waals surface area (Å²) in [7, 11) is 1.54. The van der Waals surface area contributed by atoms with Gasteiger partial charge in [-0.3, -0.25) is 13.8 Å². The Morgan fingerprint density at radius 2 is 0.678 bits per heavy atom. The molecule has 3 atom stereocenters. The molecule has 0 spiro atoms. The zero-order valence-electron chi connectivity index (χ0n) is 59.1. The van der Waals surface area contributed by atoms with Gasteiger partial charge in [-0.25, -0.2) is 4.57 Å². The Morgan fingerprint density at radius 1 is 0.389 bits per heavy atom. The Morgan fingerprint density at radius 3 is 1.02 bits per heavy atom. The average Bonchev–Trinajstić information content (AvgIpc) is 3.09. The topological polar surface area (TPSA) is 105 Å². The third-order valence-corrected chi connectivity index (χ3v) is 17.0. The maximum absolute atomic E-state index is 13.1. The first kappa shape index (κ1) is 86.4. The molecule has 9 heteroatoms. The molecule has 0 rings (SSSR count). The summed E-state index contributed by atoms with van der Waals surface area (Å²) in [6.45, 7) is 4.69. The lowest BCUT2D eigenvalue weighted by Gasteiger charge is -2.25. The molecule has 0 bridgehead atoms. The molecule has 0 aliphatic heterocycles. The molecule has 0 saturated heterocycles. The molecular formula is C81H142N2O6P+. The van der Waals surface area contributed by atoms with Crippen molar-refractivity contribution >= 4 is 13.7 Å². The number of carbonyl (C=O) groups excluding carboxylic acids is 1. The molecule has 0 heterocycles. The van der Waals surface area contributed by atoms with Crippen LogP contribution < -0.4 is 5.32 Å². The monoisotopic (exact) mass is 1270 g/mol. The van der Waals surface area contributed by atoms with Crippen LogP contribution in [0, 0.1) is 0 Å². The first-order chi connectivity index (χ1) is 44.0. The highest BCUT2D eigenvalue weighted by Gasteiger charge is 2.28. The van der Waals surface area contributed by atoms with Gasteiger partial charge in [0.2, 0.25) is 5.91 Å². The van der Waals surface area contributed by atoms with Crippen molar-refractivity contribution in [1.82, 2.24) is 5.32 Å². The minimum atomic E-state index is -4.38. The normalized spacial score (nSPS) is 14.4. The number of unbranched alkanes of at least 4 members (excludes halogenated alkanes) is 32. The van der Waals surface area contributed by atoms with E-state index in [1.807, 2.05) is 27.2 Å². The summed E-state index contributed by atoms with van der Waals surface area (Å²) in [5, 5.41) is 14.0. The van der Waals surface area contributed by atoms with E-state index in [0.29, 0.717) is 17.4 Å². The number of aliphatic hydroxyl groups excluding tert-OH is 1. The standard InChI is InChI=1S/C81H141N2O6P/c1-6-8-10-12-14-16-18-20-22-24-26-28-30-32-34-35-36-37-38-39-40-41-42-43-44-45-46-47-49-51-53-55-57-59-61-63-65-67-69-71-73-75-81(85)82-79(78-89-90(86,87)88-77-76-83(3,4)5)80(84)74-72-70-68-66-64-62-60-58-56-54-52-50-48-33-31-29-27-25-23-21-19-17-15-13-11-9-7-2/h8,10,14,16,20,22,26,28,32,34,36-37,39-40,42-43,45-46,56,58,64,66,72,74,79-80,84H,6-7,9,11-13,15,17-19,21,23-25,27,29-31,33,35,38,41,44,47-55,57,59-63,65,67-71,73,75-78H2,1-5H3,(H-,82,85,86,87)/p+1/b10-8-,16-14-,22-20-,28-26-,34-32-,37-36-,40-39-,43-42-,46-45-,58-56+,66-64+,74-72+. The van der Waals surface area contributed by atoms with E-state index in [-0.39, 0.29) is 19.1 Å². The van der Waals surface area contributed by atoms with Crippen LogP contribution >= 0.6 is 7.82 Å². The first-order valence-electron chi connectivity index (χ1n) is 37.2. The molecule has 90 heavy (non-hydrogen) atoms. The van der Waals surface area contributed by atoms with Gasteiger partial charge in [-0.15, -0.1) is 0 Å². The molecule has 0 aromatic rings. The van der Waals surface area contributed by atoms with Gasteiger partial charge < -0.3 is 19.8 Å². The fourth-order valence-electron chi connectivity index (χ4n) is 10.3. The van der Waals surface area contributed by atoms with Gasteiger partial charge in [0.25, 0.3) is 0 Å². The zero-order chi connectivity index (χ0) is 65.5. The number of likely N-dealkylation sites (N-methyl/N-ethyl adjacent to an activating group) is 1. The molecule has 0 radical (unpaired) electrons. The van der Waals surface area contributed by atoms with Crippen molar-refractivity contribution in [1.29, 1.82) is 0 Å². The Bertz CT molecular complexity index is 1980. The van der Waals surface area contributed by atoms with Gasteiger partial charge in [-0.2, -0.15) is 0 Å². The second-order valence-electron chi connectivity index (χ2n) is 25.9. The van der Waals surface area contributed by atoms with Crippen molar-refractivity contribution in [3.8, 4) is 0 Å². The molecule has 3 N–H and O–H groups in total. The number of phosphoric acid groups is 1. The van der Waals surface area contributed by atoms with Gasteiger partial charge in [0.1, 0.15) is 13.2 Å². The number of phosphoric ester groups is 1. The minimum absolute atomic E-state index is 0.0477. The fraction of sp³-hybridized carbons (Fsp3) is 0.691. The third-order valence-electron chi connectivity index (χ3n) is 16.0. The summed E-state index contributed by atoms with van der Waals surface area (Å²) >= 11 is 0. The van der Waals surface area contributed by atoms with Crippen LogP contribution in [0.15, 0.2) is 146 Å². The maximum Gasteiger partial charge on any atom is 0.472 e. The number of nitrogens with zero attached hydrogens (tertiary/aromatic N) is 1. The van der Waals surface area contributed by atoms with Crippen LogP contribution in [0.4, 0.5) is 0 Å². The summed E-state index contributed by atoms with van der Waals surface area (Å²) in [5.41, 5.74) is 0. The molecule has 516 valence electrons. The molecule has 0 aliphatic carbocycles. The summed E-state index contributed by atoms with van der Waals surface area (Å²) < 4.78 is 23.8. The van der Waals surface area contributed by atoms with Gasteiger partial charge in [0.05, 0.1) is 39.9 Å². The molecular weight excluding hydrogens is 1130 g/mol. The molecule has 0 aliphatic rings. The molecule has 1 amide bonds. The summed E-state index contributed by atoms with van der Waals surface area (Å²) in [6, 6.07) is -0.881. The largest absolute Gasteiger partial charge is 0.472 e. The van der Waals surface area contributed by atoms with Crippen molar-refractivity contribution < 1.29 is 32.9 Å². The van der Waals surface area contributed by atoms with E-state index in [4.69, 9.17) is 9.05 Å². The lowest BCUT2D eigenvalue weighted by atomic mass is 10.0. The number of nitrogens with one attached hydrogen (secondary N) is 1. The van der Waals surface area contributed by atoms with Crippen LogP contribution in [0.2, 0.25) is 0 Å². The summed E-state index contributed by atoms with van der Waals surface area (Å²) in [6.07, 6.45) is 107. The van der Waals surface area contributed by atoms with E-state index in [0.717, 1.165) is 103 Å². The van der Waals surface area contributed by atoms with Gasteiger partial charge in [-0.05, 0) is 116 Å². The predicted octanol–water partition coefficient (Wildman–Crippen LogP) is 24.3. The number of allylic oxidation sites excluding steroid dienone is 23. The van der Waals surface area contributed by atoms with Crippen LogP contribution in [0.3, 0.4) is 0 Å². The van der Waals surface area contributed by atoms with Crippen molar-refractivity contribution in [2.24, 2.45) is 0 Å². The van der Waals surface area contributed by atoms with E-state index >= 15 is 0 Å². The number of quaternary nitrogens is 1. The van der Waals surface area contributed by atoms with Crippen molar-refractivity contribution in [2.75, 3.05) is 40.9 Å². The molecule has 0 fully saturated rings. The minimum Gasteiger partial charge on any atom is -0.387 e. The first-order valence-corrected chi connectivity index (χ1v) is 38.7. The maximum atomic E-state index is 13.1. The van der Waals surface area contributed by atoms with Crippen LogP contribution in [-0.4, -0.2) is 73.4 Å². The van der Waals surface area contributed by atoms with Crippen molar-refractivity contribution in [2.45, 2.75) is 321 Å². The highest BCUT2D eigenvalue weighted by molar-refractivity contribution is 7.47. The number of amides is 1. The number of hydrogen-bond donors (Lipinski definition) is 3. The van der Waals surface area contributed by atoms with E-state index in [2.05, 4.69) is 153 Å². The quantitative estimate of drug-likeness (QED) is 0.0243. The molecule has 8 nitrogen and oxygen atoms in total. The average molecular weight is 1270 g/mol. The van der Waals surface area contributed by atoms with E-state index in [9.17, 15) is 19.4 Å². The number of aliphatic hydroxyl groups is 1. The smallest absolute Gasteiger partial charge is 0.387 e. The molecule has 3 unspecified atom stereocenters. The Kier molecular flexibility index (Phi) is 66.9. The van der Waals surface area contributed by atoms with E-state index < -0.39 is 20.0 Å². The highest BCUT2D eigenvalue weighted by Crippen LogP contribution is 2.43. The summed E-state index contributed by atoms with van der Waals surface area (Å²) in [4.78, 5) is 23.4. The lowest BCUT2D eigenvalue weighted by Crippen LogP contribution is -2.45. The second-order valence-corrected chi connectivity index (χ2v) is 27.4. The number of hydrogen-bond acceptors (Lipinski definition) is 5. The van der Waals surface area contributed by atoms with Crippen LogP contribution in [-0.2, 0) is 18.4 Å².